The Kier molecular flexibility index (Phi) is 3.15. The standard InChI is InChI=1S/C18H16O2/c1-3-7-12-10-11-15-17(13(12)4-2)14-8-5-6-9-16(14)20-18(15)19/h4-6,8-11H,2-3,7H2,1H3. The molecule has 0 bridgehead atoms. The lowest BCUT2D eigenvalue weighted by atomic mass is 9.95. The van der Waals surface area contributed by atoms with Gasteiger partial charge in [-0.2, -0.15) is 0 Å². The summed E-state index contributed by atoms with van der Waals surface area (Å²) in [5.41, 5.74) is 2.62. The molecule has 20 heavy (non-hydrogen) atoms. The first-order valence-corrected chi connectivity index (χ1v) is 6.86. The highest BCUT2D eigenvalue weighted by Crippen LogP contribution is 2.29. The molecule has 0 saturated heterocycles. The lowest BCUT2D eigenvalue weighted by Crippen LogP contribution is -2.02. The first-order chi connectivity index (χ1) is 9.76. The Morgan fingerprint density at radius 2 is 1.95 bits per heavy atom. The summed E-state index contributed by atoms with van der Waals surface area (Å²) in [6.07, 6.45) is 3.89. The van der Waals surface area contributed by atoms with Crippen LogP contribution in [0.15, 0.2) is 52.2 Å². The lowest BCUT2D eigenvalue weighted by molar-refractivity contribution is 0.569. The van der Waals surface area contributed by atoms with E-state index in [1.807, 2.05) is 42.5 Å². The van der Waals surface area contributed by atoms with Crippen LogP contribution in [0.5, 0.6) is 0 Å². The van der Waals surface area contributed by atoms with E-state index >= 15 is 0 Å². The predicted octanol–water partition coefficient (Wildman–Crippen LogP) is 4.54. The van der Waals surface area contributed by atoms with Crippen molar-refractivity contribution in [2.75, 3.05) is 0 Å². The molecular weight excluding hydrogens is 248 g/mol. The Hall–Kier alpha value is -2.35. The van der Waals surface area contributed by atoms with Gasteiger partial charge in [0.05, 0.1) is 5.39 Å². The van der Waals surface area contributed by atoms with Crippen LogP contribution in [0.25, 0.3) is 27.8 Å². The van der Waals surface area contributed by atoms with Crippen LogP contribution in [0.4, 0.5) is 0 Å². The highest BCUT2D eigenvalue weighted by Gasteiger charge is 2.12. The second-order valence-electron chi connectivity index (χ2n) is 4.90. The zero-order valence-corrected chi connectivity index (χ0v) is 11.5. The molecule has 0 amide bonds. The van der Waals surface area contributed by atoms with Gasteiger partial charge in [-0.05, 0) is 29.7 Å². The molecule has 1 aromatic heterocycles. The summed E-state index contributed by atoms with van der Waals surface area (Å²) in [6.45, 7) is 6.08. The first-order valence-electron chi connectivity index (χ1n) is 6.86. The minimum atomic E-state index is -0.287. The van der Waals surface area contributed by atoms with Crippen LogP contribution in [0, 0.1) is 0 Å². The van der Waals surface area contributed by atoms with E-state index in [2.05, 4.69) is 13.5 Å². The van der Waals surface area contributed by atoms with Crippen LogP contribution in [0.3, 0.4) is 0 Å². The average molecular weight is 264 g/mol. The molecule has 0 aliphatic rings. The fourth-order valence-corrected chi connectivity index (χ4v) is 2.76. The molecule has 0 aliphatic carbocycles. The lowest BCUT2D eigenvalue weighted by Gasteiger charge is -2.10. The molecule has 0 N–H and O–H groups in total. The van der Waals surface area contributed by atoms with E-state index in [1.54, 1.807) is 0 Å². The van der Waals surface area contributed by atoms with Gasteiger partial charge in [0, 0.05) is 10.8 Å². The summed E-state index contributed by atoms with van der Waals surface area (Å²) < 4.78 is 5.38. The van der Waals surface area contributed by atoms with Crippen molar-refractivity contribution in [3.05, 3.63) is 64.5 Å². The fourth-order valence-electron chi connectivity index (χ4n) is 2.76. The van der Waals surface area contributed by atoms with Gasteiger partial charge < -0.3 is 4.42 Å². The Morgan fingerprint density at radius 3 is 2.70 bits per heavy atom. The van der Waals surface area contributed by atoms with Crippen LogP contribution >= 0.6 is 0 Å². The molecular formula is C18H16O2. The molecule has 3 aromatic rings. The number of hydrogen-bond donors (Lipinski definition) is 0. The molecule has 0 radical (unpaired) electrons. The summed E-state index contributed by atoms with van der Waals surface area (Å²) in [7, 11) is 0. The number of aryl methyl sites for hydroxylation is 1. The number of hydrogen-bond acceptors (Lipinski definition) is 2. The number of rotatable bonds is 3. The van der Waals surface area contributed by atoms with E-state index in [-0.39, 0.29) is 5.63 Å². The quantitative estimate of drug-likeness (QED) is 0.513. The summed E-state index contributed by atoms with van der Waals surface area (Å²) in [5.74, 6) is 0. The number of benzene rings is 2. The molecule has 1 heterocycles. The summed E-state index contributed by atoms with van der Waals surface area (Å²) in [4.78, 5) is 12.1. The van der Waals surface area contributed by atoms with E-state index in [0.29, 0.717) is 11.0 Å². The molecule has 0 unspecified atom stereocenters. The average Bonchev–Trinajstić information content (AvgIpc) is 2.47. The van der Waals surface area contributed by atoms with E-state index in [9.17, 15) is 4.79 Å². The van der Waals surface area contributed by atoms with Crippen molar-refractivity contribution in [3.63, 3.8) is 0 Å². The van der Waals surface area contributed by atoms with Crippen molar-refractivity contribution in [1.82, 2.24) is 0 Å². The predicted molar refractivity (Wildman–Crippen MR) is 84.1 cm³/mol. The molecule has 0 atom stereocenters. The third kappa shape index (κ3) is 1.85. The van der Waals surface area contributed by atoms with Crippen molar-refractivity contribution in [2.24, 2.45) is 0 Å². The molecule has 2 aromatic carbocycles. The second kappa shape index (κ2) is 4.97. The number of para-hydroxylation sites is 1. The Morgan fingerprint density at radius 1 is 1.15 bits per heavy atom. The minimum absolute atomic E-state index is 0.287. The fraction of sp³-hybridized carbons (Fsp3) is 0.167. The van der Waals surface area contributed by atoms with Gasteiger partial charge in [-0.3, -0.25) is 0 Å². The van der Waals surface area contributed by atoms with Gasteiger partial charge in [0.15, 0.2) is 0 Å². The van der Waals surface area contributed by atoms with Crippen molar-refractivity contribution < 1.29 is 4.42 Å². The summed E-state index contributed by atoms with van der Waals surface area (Å²) in [5, 5.41) is 2.55. The van der Waals surface area contributed by atoms with Crippen molar-refractivity contribution in [2.45, 2.75) is 19.8 Å². The van der Waals surface area contributed by atoms with Gasteiger partial charge in [-0.1, -0.05) is 50.3 Å². The molecule has 0 aliphatic heterocycles. The Bertz CT molecular complexity index is 856. The maximum Gasteiger partial charge on any atom is 0.344 e. The van der Waals surface area contributed by atoms with E-state index in [4.69, 9.17) is 4.42 Å². The molecule has 0 fully saturated rings. The third-order valence-electron chi connectivity index (χ3n) is 3.64. The van der Waals surface area contributed by atoms with E-state index in [1.165, 1.54) is 5.56 Å². The van der Waals surface area contributed by atoms with Gasteiger partial charge in [-0.15, -0.1) is 0 Å². The largest absolute Gasteiger partial charge is 0.422 e. The Balaban J connectivity index is 2.56. The smallest absolute Gasteiger partial charge is 0.344 e. The van der Waals surface area contributed by atoms with Gasteiger partial charge in [0.25, 0.3) is 0 Å². The molecule has 0 saturated carbocycles. The van der Waals surface area contributed by atoms with Gasteiger partial charge in [0.2, 0.25) is 0 Å². The monoisotopic (exact) mass is 264 g/mol. The van der Waals surface area contributed by atoms with Gasteiger partial charge in [-0.25, -0.2) is 4.79 Å². The second-order valence-corrected chi connectivity index (χ2v) is 4.90. The van der Waals surface area contributed by atoms with E-state index in [0.717, 1.165) is 29.2 Å². The first kappa shape index (κ1) is 12.7. The van der Waals surface area contributed by atoms with E-state index < -0.39 is 0 Å². The van der Waals surface area contributed by atoms with Crippen molar-refractivity contribution in [3.8, 4) is 0 Å². The maximum absolute atomic E-state index is 12.1. The maximum atomic E-state index is 12.1. The van der Waals surface area contributed by atoms with Crippen molar-refractivity contribution >= 4 is 27.8 Å². The van der Waals surface area contributed by atoms with Crippen LogP contribution in [0.1, 0.15) is 24.5 Å². The molecule has 100 valence electrons. The molecule has 2 heteroatoms. The van der Waals surface area contributed by atoms with Crippen LogP contribution in [-0.4, -0.2) is 0 Å². The van der Waals surface area contributed by atoms with Gasteiger partial charge >= 0.3 is 5.63 Å². The minimum Gasteiger partial charge on any atom is -0.422 e. The SMILES string of the molecule is C=Cc1c(CCC)ccc2c(=O)oc3ccccc3c12. The Labute approximate surface area is 117 Å². The highest BCUT2D eigenvalue weighted by atomic mass is 16.4. The summed E-state index contributed by atoms with van der Waals surface area (Å²) >= 11 is 0. The van der Waals surface area contributed by atoms with Crippen LogP contribution in [-0.2, 0) is 6.42 Å². The molecule has 2 nitrogen and oxygen atoms in total. The third-order valence-corrected chi connectivity index (χ3v) is 3.64. The number of fused-ring (bicyclic) bond motifs is 3. The van der Waals surface area contributed by atoms with Crippen LogP contribution in [0.2, 0.25) is 0 Å². The topological polar surface area (TPSA) is 30.2 Å². The zero-order chi connectivity index (χ0) is 14.1. The van der Waals surface area contributed by atoms with Crippen LogP contribution < -0.4 is 5.63 Å². The zero-order valence-electron chi connectivity index (χ0n) is 11.5. The normalized spacial score (nSPS) is 11.1. The molecule has 3 rings (SSSR count). The van der Waals surface area contributed by atoms with Gasteiger partial charge in [0.1, 0.15) is 5.58 Å². The molecule has 0 spiro atoms. The van der Waals surface area contributed by atoms with Crippen molar-refractivity contribution in [1.29, 1.82) is 0 Å². The summed E-state index contributed by atoms with van der Waals surface area (Å²) in [6, 6.07) is 11.5. The highest BCUT2D eigenvalue weighted by molar-refractivity contribution is 6.08.